The summed E-state index contributed by atoms with van der Waals surface area (Å²) in [6.07, 6.45) is 5.06. The van der Waals surface area contributed by atoms with Crippen molar-refractivity contribution in [3.63, 3.8) is 0 Å². The zero-order valence-electron chi connectivity index (χ0n) is 26.5. The molecule has 0 saturated carbocycles. The van der Waals surface area contributed by atoms with E-state index in [1.54, 1.807) is 36.4 Å². The fourth-order valence-corrected chi connectivity index (χ4v) is 7.61. The molecular weight excluding hydrogens is 1010 g/mol. The van der Waals surface area contributed by atoms with Gasteiger partial charge < -0.3 is 27.4 Å². The molecule has 0 saturated heterocycles. The Morgan fingerprint density at radius 1 is 0.577 bits per heavy atom. The third kappa shape index (κ3) is 9.97. The molecule has 0 aliphatic heterocycles. The van der Waals surface area contributed by atoms with Gasteiger partial charge in [0.05, 0.1) is 30.4 Å². The van der Waals surface area contributed by atoms with Crippen LogP contribution < -0.4 is 0 Å². The Labute approximate surface area is 373 Å². The normalized spacial score (nSPS) is 12.4. The summed E-state index contributed by atoms with van der Waals surface area (Å²) in [6, 6.07) is 15.7. The van der Waals surface area contributed by atoms with Crippen molar-refractivity contribution in [3.05, 3.63) is 114 Å². The summed E-state index contributed by atoms with van der Waals surface area (Å²) in [7, 11) is -10.6. The minimum atomic E-state index is -5.30. The molecule has 2 radical (unpaired) electrons. The molecule has 0 fully saturated rings. The van der Waals surface area contributed by atoms with Crippen molar-refractivity contribution < 1.29 is 53.4 Å². The molecule has 0 aliphatic rings. The van der Waals surface area contributed by atoms with E-state index in [0.717, 1.165) is 12.2 Å². The summed E-state index contributed by atoms with van der Waals surface area (Å²) in [5, 5.41) is 20.9. The number of aromatic hydroxyl groups is 2. The van der Waals surface area contributed by atoms with Gasteiger partial charge in [-0.25, -0.2) is 0 Å². The van der Waals surface area contributed by atoms with Crippen LogP contribution in [0.4, 0.5) is 0 Å². The number of hydrogen-bond acceptors (Lipinski definition) is 10. The first kappa shape index (κ1) is 43.1. The quantitative estimate of drug-likeness (QED) is 0.0465. The van der Waals surface area contributed by atoms with Crippen molar-refractivity contribution in [2.24, 2.45) is 0 Å². The van der Waals surface area contributed by atoms with Crippen LogP contribution in [-0.4, -0.2) is 95.3 Å². The fraction of sp³-hybridized carbons (Fsp3) is 0. The molecule has 20 heteroatoms. The van der Waals surface area contributed by atoms with Crippen LogP contribution >= 0.6 is 63.7 Å². The van der Waals surface area contributed by atoms with Crippen molar-refractivity contribution in [3.8, 4) is 33.8 Å². The Kier molecular flexibility index (Phi) is 14.1. The van der Waals surface area contributed by atoms with Crippen LogP contribution in [0.2, 0.25) is 0 Å². The van der Waals surface area contributed by atoms with Crippen LogP contribution in [-0.2, 0) is 29.2 Å². The number of phenols is 2. The van der Waals surface area contributed by atoms with Crippen molar-refractivity contribution in [1.29, 1.82) is 0 Å². The van der Waals surface area contributed by atoms with Gasteiger partial charge in [-0.3, -0.25) is 9.11 Å². The van der Waals surface area contributed by atoms with Crippen LogP contribution in [0.3, 0.4) is 0 Å². The maximum absolute atomic E-state index is 12.0. The zero-order valence-corrected chi connectivity index (χ0v) is 38.4. The summed E-state index contributed by atoms with van der Waals surface area (Å²) in [5.74, 6) is -1.64. The van der Waals surface area contributed by atoms with Gasteiger partial charge in [0.25, 0.3) is 0 Å². The molecule has 0 bridgehead atoms. The second-order valence-electron chi connectivity index (χ2n) is 10.4. The number of halogens is 4. The standard InChI is InChI=1S/C32H18Br4O12S2.2Na/c33-23-11-17(1-3-27(23)37)21-13-45-31-19(21)5-15(7-25(31)35)9-29(47-49(39,40)41)30(48-50(42,43)44)10-16-6-20-22(14-46-32(20)26(36)8-16)18-2-4-28(38)24(34)12-18;;/h1-14,37-38H,(H,39,40,41)(H,42,43,44);;/b29-9-,30-10-;;. The van der Waals surface area contributed by atoms with Crippen LogP contribution in [0.25, 0.3) is 56.3 Å². The molecule has 0 atom stereocenters. The molecule has 2 aromatic heterocycles. The minimum Gasteiger partial charge on any atom is -0.507 e. The van der Waals surface area contributed by atoms with Crippen molar-refractivity contribution in [2.45, 2.75) is 0 Å². The maximum atomic E-state index is 12.0. The van der Waals surface area contributed by atoms with Gasteiger partial charge in [-0.2, -0.15) is 16.8 Å². The van der Waals surface area contributed by atoms with Crippen LogP contribution in [0.15, 0.2) is 111 Å². The number of phenolic OH excluding ortho intramolecular Hbond substituents is 2. The third-order valence-electron chi connectivity index (χ3n) is 7.05. The van der Waals surface area contributed by atoms with E-state index in [0.29, 0.717) is 62.1 Å². The van der Waals surface area contributed by atoms with E-state index in [-0.39, 0.29) is 81.7 Å². The summed E-state index contributed by atoms with van der Waals surface area (Å²) in [6.45, 7) is 0. The van der Waals surface area contributed by atoms with E-state index >= 15 is 0 Å². The number of hydrogen-bond donors (Lipinski definition) is 4. The molecule has 12 nitrogen and oxygen atoms in total. The van der Waals surface area contributed by atoms with E-state index in [4.69, 9.17) is 17.2 Å². The number of rotatable bonds is 9. The van der Waals surface area contributed by atoms with Gasteiger partial charge in [-0.15, -0.1) is 0 Å². The molecule has 6 aromatic rings. The topological polar surface area (TPSA) is 194 Å². The average Bonchev–Trinajstić information content (AvgIpc) is 3.63. The molecule has 4 aromatic carbocycles. The number of furan rings is 2. The third-order valence-corrected chi connectivity index (χ3v) is 10.3. The molecule has 2 heterocycles. The Morgan fingerprint density at radius 2 is 0.942 bits per heavy atom. The molecule has 0 aliphatic carbocycles. The first-order valence-corrected chi connectivity index (χ1v) is 19.5. The number of fused-ring (bicyclic) bond motifs is 2. The predicted octanol–water partition coefficient (Wildman–Crippen LogP) is 9.23. The van der Waals surface area contributed by atoms with E-state index in [1.807, 2.05) is 0 Å². The van der Waals surface area contributed by atoms with Gasteiger partial charge in [0, 0.05) is 81.0 Å². The summed E-state index contributed by atoms with van der Waals surface area (Å²) in [4.78, 5) is 0. The smallest absolute Gasteiger partial charge is 0.446 e. The average molecular weight is 1020 g/mol. The molecule has 4 N–H and O–H groups in total. The minimum absolute atomic E-state index is 0. The van der Waals surface area contributed by atoms with E-state index in [2.05, 4.69) is 63.7 Å². The van der Waals surface area contributed by atoms with Gasteiger partial charge in [-0.1, -0.05) is 12.1 Å². The molecule has 52 heavy (non-hydrogen) atoms. The Balaban J connectivity index is 0.00000302. The molecule has 0 spiro atoms. The predicted molar refractivity (Wildman–Crippen MR) is 210 cm³/mol. The summed E-state index contributed by atoms with van der Waals surface area (Å²) >= 11 is 13.4. The molecular formula is C32H18Br4Na2O12S2. The molecule has 6 rings (SSSR count). The summed E-state index contributed by atoms with van der Waals surface area (Å²) < 4.78 is 90.3. The zero-order chi connectivity index (χ0) is 36.1. The van der Waals surface area contributed by atoms with Crippen molar-refractivity contribution in [1.82, 2.24) is 0 Å². The van der Waals surface area contributed by atoms with Crippen LogP contribution in [0.5, 0.6) is 11.5 Å². The fourth-order valence-electron chi connectivity index (χ4n) is 5.00. The molecule has 0 amide bonds. The largest absolute Gasteiger partial charge is 0.507 e. The number of benzene rings is 4. The molecule has 260 valence electrons. The van der Waals surface area contributed by atoms with E-state index in [9.17, 15) is 36.2 Å². The Bertz CT molecular complexity index is 2460. The van der Waals surface area contributed by atoms with Crippen LogP contribution in [0, 0.1) is 0 Å². The molecule has 0 unspecified atom stereocenters. The summed E-state index contributed by atoms with van der Waals surface area (Å²) in [5.41, 5.74) is 3.66. The van der Waals surface area contributed by atoms with Gasteiger partial charge >= 0.3 is 20.8 Å². The second kappa shape index (κ2) is 17.0. The van der Waals surface area contributed by atoms with Gasteiger partial charge in [0.1, 0.15) is 22.7 Å². The van der Waals surface area contributed by atoms with Crippen LogP contribution in [0.1, 0.15) is 11.1 Å². The van der Waals surface area contributed by atoms with Crippen molar-refractivity contribution in [2.75, 3.05) is 0 Å². The van der Waals surface area contributed by atoms with Gasteiger partial charge in [0.15, 0.2) is 11.5 Å². The van der Waals surface area contributed by atoms with E-state index < -0.39 is 32.3 Å². The maximum Gasteiger partial charge on any atom is 0.446 e. The Morgan fingerprint density at radius 3 is 1.27 bits per heavy atom. The van der Waals surface area contributed by atoms with E-state index in [1.165, 1.54) is 36.8 Å². The van der Waals surface area contributed by atoms with Gasteiger partial charge in [0.2, 0.25) is 0 Å². The first-order valence-electron chi connectivity index (χ1n) is 13.6. The Hall–Kier alpha value is -1.62. The van der Waals surface area contributed by atoms with Gasteiger partial charge in [-0.05, 0) is 147 Å². The monoisotopic (exact) mass is 1020 g/mol. The van der Waals surface area contributed by atoms with Crippen molar-refractivity contribution >= 4 is 178 Å². The SMILES string of the molecule is O=S(=O)(O)OC(=C\c1cc(Br)c2occ(-c3ccc(O)c(Br)c3)c2c1)/C(=C/c1cc(Br)c2occ(-c3ccc(O)c(Br)c3)c2c1)OS(=O)(=O)O.[Na].[Na]. The second-order valence-corrected chi connectivity index (χ2v) is 15.9. The first-order chi connectivity index (χ1) is 23.5.